The summed E-state index contributed by atoms with van der Waals surface area (Å²) in [6, 6.07) is 8.79. The predicted molar refractivity (Wildman–Crippen MR) is 143 cm³/mol. The second-order valence-corrected chi connectivity index (χ2v) is 10.1. The number of benzene rings is 2. The highest BCUT2D eigenvalue weighted by molar-refractivity contribution is 5.99. The molecule has 1 aliphatic heterocycles. The number of carbonyl (C=O) groups is 1. The highest BCUT2D eigenvalue weighted by atomic mass is 19.1. The molecule has 1 saturated heterocycles. The van der Waals surface area contributed by atoms with E-state index in [0.717, 1.165) is 37.5 Å². The molecule has 1 atom stereocenters. The molecule has 1 amide bonds. The van der Waals surface area contributed by atoms with Crippen molar-refractivity contribution in [2.75, 3.05) is 12.3 Å². The molecule has 1 aliphatic carbocycles. The first-order valence-corrected chi connectivity index (χ1v) is 13.2. The largest absolute Gasteiger partial charge is 0.451 e. The molecule has 2 aromatic heterocycles. The van der Waals surface area contributed by atoms with Gasteiger partial charge >= 0.3 is 0 Å². The Balaban J connectivity index is 1.32. The van der Waals surface area contributed by atoms with Gasteiger partial charge in [-0.05, 0) is 55.9 Å². The summed E-state index contributed by atoms with van der Waals surface area (Å²) in [6.07, 6.45) is 6.45. The molecule has 1 saturated carbocycles. The van der Waals surface area contributed by atoms with Crippen LogP contribution in [0, 0.1) is 34.7 Å². The summed E-state index contributed by atoms with van der Waals surface area (Å²) in [5, 5.41) is 14.5. The van der Waals surface area contributed by atoms with Crippen molar-refractivity contribution in [3.63, 3.8) is 0 Å². The number of hydrogen-bond acceptors (Lipinski definition) is 7. The van der Waals surface area contributed by atoms with E-state index in [9.17, 15) is 18.8 Å². The molecule has 0 bridgehead atoms. The fraction of sp³-hybridized carbons (Fsp3) is 0.276. The highest BCUT2D eigenvalue weighted by Crippen LogP contribution is 2.36. The van der Waals surface area contributed by atoms with Gasteiger partial charge in [-0.3, -0.25) is 4.79 Å². The van der Waals surface area contributed by atoms with Crippen LogP contribution >= 0.6 is 0 Å². The van der Waals surface area contributed by atoms with Crippen molar-refractivity contribution in [2.24, 2.45) is 5.92 Å². The van der Waals surface area contributed by atoms with Crippen LogP contribution in [0.3, 0.4) is 0 Å². The van der Waals surface area contributed by atoms with E-state index in [1.165, 1.54) is 24.5 Å². The van der Waals surface area contributed by atoms with E-state index in [4.69, 9.17) is 10.5 Å². The number of allylic oxidation sites excluding steroid dienone is 1. The maximum Gasteiger partial charge on any atom is 0.264 e. The van der Waals surface area contributed by atoms with Crippen molar-refractivity contribution in [2.45, 2.75) is 38.3 Å². The zero-order valence-corrected chi connectivity index (χ0v) is 21.7. The first-order valence-electron chi connectivity index (χ1n) is 13.2. The summed E-state index contributed by atoms with van der Waals surface area (Å²) in [4.78, 5) is 23.3. The molecule has 0 unspecified atom stereocenters. The number of nitrogens with zero attached hydrogens (tertiary/aromatic N) is 6. The van der Waals surface area contributed by atoms with Crippen LogP contribution in [0.1, 0.15) is 25.7 Å². The van der Waals surface area contributed by atoms with Gasteiger partial charge in [-0.1, -0.05) is 12.1 Å². The van der Waals surface area contributed by atoms with E-state index in [-0.39, 0.29) is 52.8 Å². The van der Waals surface area contributed by atoms with Crippen LogP contribution in [-0.4, -0.2) is 43.1 Å². The van der Waals surface area contributed by atoms with E-state index >= 15 is 4.39 Å². The van der Waals surface area contributed by atoms with Crippen LogP contribution in [0.25, 0.3) is 22.3 Å². The summed E-state index contributed by atoms with van der Waals surface area (Å²) in [5.41, 5.74) is 6.90. The van der Waals surface area contributed by atoms with Crippen molar-refractivity contribution in [3.05, 3.63) is 71.8 Å². The van der Waals surface area contributed by atoms with E-state index in [1.807, 2.05) is 6.07 Å². The molecule has 4 aromatic rings. The maximum absolute atomic E-state index is 15.4. The first-order chi connectivity index (χ1) is 19.8. The molecule has 0 spiro atoms. The van der Waals surface area contributed by atoms with Gasteiger partial charge in [0.05, 0.1) is 18.0 Å². The van der Waals surface area contributed by atoms with E-state index in [2.05, 4.69) is 15.1 Å². The number of aromatic nitrogens is 4. The fourth-order valence-corrected chi connectivity index (χ4v) is 5.10. The van der Waals surface area contributed by atoms with Gasteiger partial charge in [0.25, 0.3) is 5.91 Å². The normalized spacial score (nSPS) is 17.2. The quantitative estimate of drug-likeness (QED) is 0.246. The number of amides is 1. The predicted octanol–water partition coefficient (Wildman–Crippen LogP) is 5.14. The molecular weight excluding hydrogens is 535 g/mol. The fourth-order valence-electron chi connectivity index (χ4n) is 5.10. The number of carbonyl (C=O) groups excluding carboxylic acids is 1. The number of para-hydroxylation sites is 1. The molecule has 9 nitrogen and oxygen atoms in total. The number of anilines is 1. The topological polar surface area (TPSA) is 123 Å². The number of nitrogen functional groups attached to an aromatic ring is 1. The van der Waals surface area contributed by atoms with Gasteiger partial charge < -0.3 is 15.4 Å². The molecule has 2 aliphatic rings. The number of rotatable bonds is 7. The monoisotopic (exact) mass is 559 g/mol. The van der Waals surface area contributed by atoms with Crippen molar-refractivity contribution in [3.8, 4) is 28.8 Å². The second-order valence-electron chi connectivity index (χ2n) is 10.1. The molecule has 3 heterocycles. The van der Waals surface area contributed by atoms with Crippen molar-refractivity contribution >= 4 is 22.8 Å². The first kappa shape index (κ1) is 26.3. The number of halogens is 3. The molecule has 0 radical (unpaired) electrons. The van der Waals surface area contributed by atoms with Gasteiger partial charge in [0, 0.05) is 18.2 Å². The van der Waals surface area contributed by atoms with Crippen LogP contribution in [0.15, 0.2) is 54.4 Å². The van der Waals surface area contributed by atoms with E-state index in [1.54, 1.807) is 15.7 Å². The van der Waals surface area contributed by atoms with Gasteiger partial charge in [-0.2, -0.15) is 10.4 Å². The van der Waals surface area contributed by atoms with E-state index in [0.29, 0.717) is 24.0 Å². The minimum Gasteiger partial charge on any atom is -0.451 e. The van der Waals surface area contributed by atoms with Crippen LogP contribution in [-0.2, 0) is 11.3 Å². The third-order valence-corrected chi connectivity index (χ3v) is 7.29. The van der Waals surface area contributed by atoms with Crippen LogP contribution in [0.5, 0.6) is 11.5 Å². The van der Waals surface area contributed by atoms with Crippen LogP contribution < -0.4 is 10.5 Å². The van der Waals surface area contributed by atoms with E-state index < -0.39 is 23.2 Å². The van der Waals surface area contributed by atoms with Gasteiger partial charge in [0.1, 0.15) is 41.0 Å². The van der Waals surface area contributed by atoms with Crippen LogP contribution in [0.2, 0.25) is 0 Å². The molecule has 12 heteroatoms. The minimum absolute atomic E-state index is 0.0510. The molecular formula is C29H24F3N7O2. The standard InChI is InChI=1S/C29H24F3N7O2/c30-21-4-1-5-22(31)26(21)41-19-8-9-20(23(32)12-19)25-24-27(34)35-15-36-28(24)39(37-25)14-18-3-2-10-38(18)29(40)17(13-33)11-16-6-7-16/h1,4-5,8-9,11-12,15-16,18H,2-3,6-7,10,14H2,(H2,34,35,36)/b17-11+/t18-/m0/s1. The Bertz CT molecular complexity index is 1720. The Labute approximate surface area is 232 Å². The average Bonchev–Trinajstić information content (AvgIpc) is 3.53. The average molecular weight is 560 g/mol. The number of fused-ring (bicyclic) bond motifs is 1. The number of ether oxygens (including phenoxy) is 1. The number of nitriles is 1. The number of hydrogen-bond donors (Lipinski definition) is 1. The SMILES string of the molecule is N#C/C(=C\C1CC1)C(=O)N1CCC[C@H]1Cn1nc(-c2ccc(Oc3c(F)cccc3F)cc2F)c2c(N)ncnc21. The van der Waals surface area contributed by atoms with Crippen LogP contribution in [0.4, 0.5) is 19.0 Å². The third kappa shape index (κ3) is 5.06. The number of likely N-dealkylation sites (tertiary alicyclic amines) is 1. The van der Waals surface area contributed by atoms with Gasteiger partial charge in [-0.25, -0.2) is 27.8 Å². The Morgan fingerprint density at radius 3 is 2.61 bits per heavy atom. The summed E-state index contributed by atoms with van der Waals surface area (Å²) in [5.74, 6) is -3.31. The summed E-state index contributed by atoms with van der Waals surface area (Å²) >= 11 is 0. The maximum atomic E-state index is 15.4. The van der Waals surface area contributed by atoms with Crippen molar-refractivity contribution in [1.82, 2.24) is 24.6 Å². The van der Waals surface area contributed by atoms with Crippen molar-refractivity contribution < 1.29 is 22.7 Å². The Morgan fingerprint density at radius 1 is 1.12 bits per heavy atom. The minimum atomic E-state index is -0.923. The lowest BCUT2D eigenvalue weighted by atomic mass is 10.1. The second kappa shape index (κ2) is 10.6. The Kier molecular flexibility index (Phi) is 6.78. The zero-order chi connectivity index (χ0) is 28.7. The Hall–Kier alpha value is -4.92. The zero-order valence-electron chi connectivity index (χ0n) is 21.7. The highest BCUT2D eigenvalue weighted by Gasteiger charge is 2.33. The summed E-state index contributed by atoms with van der Waals surface area (Å²) < 4.78 is 50.3. The lowest BCUT2D eigenvalue weighted by molar-refractivity contribution is -0.127. The molecule has 2 fully saturated rings. The molecule has 2 aromatic carbocycles. The number of nitrogens with two attached hydrogens (primary N) is 1. The van der Waals surface area contributed by atoms with Gasteiger partial charge in [0.2, 0.25) is 0 Å². The van der Waals surface area contributed by atoms with Crippen molar-refractivity contribution in [1.29, 1.82) is 5.26 Å². The molecule has 41 heavy (non-hydrogen) atoms. The van der Waals surface area contributed by atoms with Gasteiger partial charge in [-0.15, -0.1) is 0 Å². The smallest absolute Gasteiger partial charge is 0.264 e. The lowest BCUT2D eigenvalue weighted by Gasteiger charge is -2.24. The Morgan fingerprint density at radius 2 is 1.90 bits per heavy atom. The van der Waals surface area contributed by atoms with Gasteiger partial charge in [0.15, 0.2) is 23.0 Å². The summed E-state index contributed by atoms with van der Waals surface area (Å²) in [6.45, 7) is 0.755. The lowest BCUT2D eigenvalue weighted by Crippen LogP contribution is -2.39. The molecule has 6 rings (SSSR count). The molecule has 208 valence electrons. The summed E-state index contributed by atoms with van der Waals surface area (Å²) in [7, 11) is 0. The molecule has 2 N–H and O–H groups in total. The third-order valence-electron chi connectivity index (χ3n) is 7.29.